The molecular weight excluding hydrogens is 310 g/mol. The van der Waals surface area contributed by atoms with Crippen LogP contribution in [0.3, 0.4) is 0 Å². The van der Waals surface area contributed by atoms with E-state index in [9.17, 15) is 9.59 Å². The average molecular weight is 333 g/mol. The van der Waals surface area contributed by atoms with Crippen molar-refractivity contribution in [3.05, 3.63) is 29.8 Å². The van der Waals surface area contributed by atoms with E-state index in [1.54, 1.807) is 31.4 Å². The molecule has 1 aliphatic rings. The lowest BCUT2D eigenvalue weighted by Gasteiger charge is -2.12. The molecule has 1 saturated carbocycles. The van der Waals surface area contributed by atoms with Crippen LogP contribution in [0.25, 0.3) is 6.08 Å². The van der Waals surface area contributed by atoms with Crippen molar-refractivity contribution in [3.63, 3.8) is 0 Å². The van der Waals surface area contributed by atoms with Gasteiger partial charge in [0.05, 0.1) is 14.2 Å². The van der Waals surface area contributed by atoms with Gasteiger partial charge in [0.25, 0.3) is 5.91 Å². The standard InChI is InChI=1S/C18H23NO5/c1-12(13-4-5-13)19-17(20)11-24-18(21)9-7-14-6-8-15(22-2)10-16(14)23-3/h6-10,12-13H,4-5,11H2,1-3H3,(H,19,20)/b9-7+/t12-/m0/s1. The lowest BCUT2D eigenvalue weighted by Crippen LogP contribution is -2.36. The number of esters is 1. The summed E-state index contributed by atoms with van der Waals surface area (Å²) in [5.74, 6) is 0.940. The highest BCUT2D eigenvalue weighted by Gasteiger charge is 2.28. The van der Waals surface area contributed by atoms with Crippen molar-refractivity contribution in [1.82, 2.24) is 5.32 Å². The minimum absolute atomic E-state index is 0.135. The number of hydrogen-bond acceptors (Lipinski definition) is 5. The van der Waals surface area contributed by atoms with Crippen LogP contribution >= 0.6 is 0 Å². The van der Waals surface area contributed by atoms with Crippen LogP contribution in [-0.4, -0.2) is 38.7 Å². The third-order valence-corrected chi connectivity index (χ3v) is 3.90. The molecule has 0 saturated heterocycles. The van der Waals surface area contributed by atoms with Crippen LogP contribution in [0.4, 0.5) is 0 Å². The van der Waals surface area contributed by atoms with Crippen molar-refractivity contribution in [3.8, 4) is 11.5 Å². The molecule has 0 bridgehead atoms. The van der Waals surface area contributed by atoms with Gasteiger partial charge in [-0.25, -0.2) is 4.79 Å². The van der Waals surface area contributed by atoms with Gasteiger partial charge in [0.1, 0.15) is 11.5 Å². The molecule has 2 rings (SSSR count). The summed E-state index contributed by atoms with van der Waals surface area (Å²) >= 11 is 0. The summed E-state index contributed by atoms with van der Waals surface area (Å²) in [5.41, 5.74) is 0.710. The predicted molar refractivity (Wildman–Crippen MR) is 89.9 cm³/mol. The molecule has 1 aromatic rings. The van der Waals surface area contributed by atoms with Crippen molar-refractivity contribution in [1.29, 1.82) is 0 Å². The molecule has 1 amide bonds. The van der Waals surface area contributed by atoms with Gasteiger partial charge in [-0.2, -0.15) is 0 Å². The van der Waals surface area contributed by atoms with E-state index >= 15 is 0 Å². The number of benzene rings is 1. The molecule has 0 unspecified atom stereocenters. The summed E-state index contributed by atoms with van der Waals surface area (Å²) in [4.78, 5) is 23.4. The van der Waals surface area contributed by atoms with E-state index in [-0.39, 0.29) is 18.6 Å². The van der Waals surface area contributed by atoms with E-state index in [0.717, 1.165) is 12.8 Å². The molecular formula is C18H23NO5. The summed E-state index contributed by atoms with van der Waals surface area (Å²) in [7, 11) is 3.10. The number of methoxy groups -OCH3 is 2. The van der Waals surface area contributed by atoms with Gasteiger partial charge >= 0.3 is 5.97 Å². The van der Waals surface area contributed by atoms with Crippen LogP contribution in [0.1, 0.15) is 25.3 Å². The van der Waals surface area contributed by atoms with E-state index < -0.39 is 5.97 Å². The van der Waals surface area contributed by atoms with Crippen LogP contribution in [0.2, 0.25) is 0 Å². The summed E-state index contributed by atoms with van der Waals surface area (Å²) in [5, 5.41) is 2.83. The Balaban J connectivity index is 1.82. The highest BCUT2D eigenvalue weighted by molar-refractivity contribution is 5.89. The van der Waals surface area contributed by atoms with Crippen molar-refractivity contribution in [2.75, 3.05) is 20.8 Å². The molecule has 1 aromatic carbocycles. The number of rotatable bonds is 8. The second-order valence-electron chi connectivity index (χ2n) is 5.74. The van der Waals surface area contributed by atoms with E-state index in [4.69, 9.17) is 14.2 Å². The van der Waals surface area contributed by atoms with Gasteiger partial charge in [-0.3, -0.25) is 4.79 Å². The molecule has 1 fully saturated rings. The van der Waals surface area contributed by atoms with Gasteiger partial charge < -0.3 is 19.5 Å². The zero-order chi connectivity index (χ0) is 17.5. The van der Waals surface area contributed by atoms with Gasteiger partial charge in [-0.15, -0.1) is 0 Å². The van der Waals surface area contributed by atoms with Crippen molar-refractivity contribution >= 4 is 18.0 Å². The Morgan fingerprint density at radius 3 is 2.67 bits per heavy atom. The number of amides is 1. The van der Waals surface area contributed by atoms with Crippen molar-refractivity contribution < 1.29 is 23.8 Å². The molecule has 1 atom stereocenters. The van der Waals surface area contributed by atoms with E-state index in [1.807, 2.05) is 6.92 Å². The van der Waals surface area contributed by atoms with Crippen LogP contribution in [0.15, 0.2) is 24.3 Å². The van der Waals surface area contributed by atoms with Gasteiger partial charge in [0, 0.05) is 23.7 Å². The van der Waals surface area contributed by atoms with Gasteiger partial charge in [0.2, 0.25) is 0 Å². The molecule has 0 aliphatic heterocycles. The zero-order valence-electron chi connectivity index (χ0n) is 14.2. The quantitative estimate of drug-likeness (QED) is 0.583. The summed E-state index contributed by atoms with van der Waals surface area (Å²) in [6, 6.07) is 5.39. The Morgan fingerprint density at radius 2 is 2.04 bits per heavy atom. The van der Waals surface area contributed by atoms with E-state index in [2.05, 4.69) is 5.32 Å². The minimum Gasteiger partial charge on any atom is -0.497 e. The second kappa shape index (κ2) is 8.38. The Labute approximate surface area is 141 Å². The molecule has 24 heavy (non-hydrogen) atoms. The molecule has 6 heteroatoms. The Hall–Kier alpha value is -2.50. The third-order valence-electron chi connectivity index (χ3n) is 3.90. The maximum absolute atomic E-state index is 11.7. The Bertz CT molecular complexity index is 622. The Morgan fingerprint density at radius 1 is 1.29 bits per heavy atom. The number of ether oxygens (including phenoxy) is 3. The zero-order valence-corrected chi connectivity index (χ0v) is 14.2. The third kappa shape index (κ3) is 5.30. The predicted octanol–water partition coefficient (Wildman–Crippen LogP) is 2.17. The van der Waals surface area contributed by atoms with Crippen LogP contribution < -0.4 is 14.8 Å². The van der Waals surface area contributed by atoms with Crippen molar-refractivity contribution in [2.45, 2.75) is 25.8 Å². The maximum Gasteiger partial charge on any atom is 0.331 e. The number of carbonyl (C=O) groups excluding carboxylic acids is 2. The summed E-state index contributed by atoms with van der Waals surface area (Å²) in [6.07, 6.45) is 5.13. The number of carbonyl (C=O) groups is 2. The van der Waals surface area contributed by atoms with Crippen LogP contribution in [0, 0.1) is 5.92 Å². The molecule has 0 spiro atoms. The first kappa shape index (κ1) is 17.8. The van der Waals surface area contributed by atoms with Crippen LogP contribution in [0.5, 0.6) is 11.5 Å². The first-order chi connectivity index (χ1) is 11.5. The number of nitrogens with one attached hydrogen (secondary N) is 1. The van der Waals surface area contributed by atoms with Gasteiger partial charge in [0.15, 0.2) is 6.61 Å². The fourth-order valence-electron chi connectivity index (χ4n) is 2.31. The molecule has 6 nitrogen and oxygen atoms in total. The minimum atomic E-state index is -0.581. The fraction of sp³-hybridized carbons (Fsp3) is 0.444. The highest BCUT2D eigenvalue weighted by Crippen LogP contribution is 2.32. The van der Waals surface area contributed by atoms with Crippen LogP contribution in [-0.2, 0) is 14.3 Å². The summed E-state index contributed by atoms with van der Waals surface area (Å²) in [6.45, 7) is 1.69. The SMILES string of the molecule is COc1ccc(/C=C/C(=O)OCC(=O)N[C@@H](C)C2CC2)c(OC)c1. The smallest absolute Gasteiger partial charge is 0.331 e. The molecule has 1 aliphatic carbocycles. The normalized spacial score (nSPS) is 15.0. The number of hydrogen-bond donors (Lipinski definition) is 1. The lowest BCUT2D eigenvalue weighted by atomic mass is 10.2. The van der Waals surface area contributed by atoms with Gasteiger partial charge in [-0.1, -0.05) is 0 Å². The largest absolute Gasteiger partial charge is 0.497 e. The molecule has 0 heterocycles. The average Bonchev–Trinajstić information content (AvgIpc) is 3.43. The molecule has 0 radical (unpaired) electrons. The first-order valence-electron chi connectivity index (χ1n) is 7.89. The van der Waals surface area contributed by atoms with E-state index in [1.165, 1.54) is 13.2 Å². The monoisotopic (exact) mass is 333 g/mol. The molecule has 1 N–H and O–H groups in total. The first-order valence-corrected chi connectivity index (χ1v) is 7.89. The second-order valence-corrected chi connectivity index (χ2v) is 5.74. The Kier molecular flexibility index (Phi) is 6.23. The topological polar surface area (TPSA) is 73.9 Å². The van der Waals surface area contributed by atoms with E-state index in [0.29, 0.717) is 23.0 Å². The molecule has 0 aromatic heterocycles. The van der Waals surface area contributed by atoms with Gasteiger partial charge in [-0.05, 0) is 43.9 Å². The summed E-state index contributed by atoms with van der Waals surface area (Å²) < 4.78 is 15.3. The highest BCUT2D eigenvalue weighted by atomic mass is 16.5. The lowest BCUT2D eigenvalue weighted by molar-refractivity contribution is -0.144. The fourth-order valence-corrected chi connectivity index (χ4v) is 2.31. The maximum atomic E-state index is 11.7. The van der Waals surface area contributed by atoms with Crippen molar-refractivity contribution in [2.24, 2.45) is 5.92 Å². The molecule has 130 valence electrons.